The van der Waals surface area contributed by atoms with E-state index in [-0.39, 0.29) is 23.9 Å². The van der Waals surface area contributed by atoms with E-state index in [0.29, 0.717) is 32.6 Å². The van der Waals surface area contributed by atoms with Crippen molar-refractivity contribution in [3.63, 3.8) is 0 Å². The van der Waals surface area contributed by atoms with Crippen LogP contribution in [0.5, 0.6) is 0 Å². The van der Waals surface area contributed by atoms with E-state index in [4.69, 9.17) is 0 Å². The number of aromatic nitrogens is 1. The summed E-state index contributed by atoms with van der Waals surface area (Å²) in [6.45, 7) is 6.26. The first-order valence-electron chi connectivity index (χ1n) is 12.1. The molecule has 7 heteroatoms. The molecule has 0 saturated carbocycles. The summed E-state index contributed by atoms with van der Waals surface area (Å²) in [6.07, 6.45) is 4.57. The molecule has 2 aromatic carbocycles. The molecule has 0 spiro atoms. The second-order valence-electron chi connectivity index (χ2n) is 8.66. The third-order valence-electron chi connectivity index (χ3n) is 5.86. The fraction of sp³-hybridized carbons (Fsp3) is 0.357. The Labute approximate surface area is 215 Å². The van der Waals surface area contributed by atoms with Gasteiger partial charge in [-0.1, -0.05) is 54.4 Å². The van der Waals surface area contributed by atoms with E-state index in [1.807, 2.05) is 42.3 Å². The van der Waals surface area contributed by atoms with E-state index in [2.05, 4.69) is 39.6 Å². The number of rotatable bonds is 12. The van der Waals surface area contributed by atoms with Gasteiger partial charge < -0.3 is 14.4 Å². The molecule has 0 aliphatic heterocycles. The van der Waals surface area contributed by atoms with Gasteiger partial charge >= 0.3 is 0 Å². The van der Waals surface area contributed by atoms with Crippen LogP contribution in [0.1, 0.15) is 54.7 Å². The molecule has 0 radical (unpaired) electrons. The van der Waals surface area contributed by atoms with E-state index in [0.717, 1.165) is 23.0 Å². The van der Waals surface area contributed by atoms with Crippen molar-refractivity contribution in [2.24, 2.45) is 0 Å². The Morgan fingerprint density at radius 3 is 2.40 bits per heavy atom. The number of benzene rings is 2. The first-order valence-corrected chi connectivity index (χ1v) is 12.9. The highest BCUT2D eigenvalue weighted by molar-refractivity contribution is 9.10. The molecular formula is C28H33BrFN3O2. The zero-order chi connectivity index (χ0) is 25.2. The highest BCUT2D eigenvalue weighted by Crippen LogP contribution is 2.15. The summed E-state index contributed by atoms with van der Waals surface area (Å²) < 4.78 is 16.9. The van der Waals surface area contributed by atoms with E-state index in [9.17, 15) is 14.0 Å². The number of nitrogens with zero attached hydrogens (tertiary/aromatic N) is 3. The topological polar surface area (TPSA) is 45.6 Å². The van der Waals surface area contributed by atoms with Crippen LogP contribution in [0.2, 0.25) is 0 Å². The Hall–Kier alpha value is -2.93. The lowest BCUT2D eigenvalue weighted by atomic mass is 10.2. The van der Waals surface area contributed by atoms with E-state index in [1.165, 1.54) is 28.7 Å². The van der Waals surface area contributed by atoms with Crippen LogP contribution in [0.3, 0.4) is 0 Å². The van der Waals surface area contributed by atoms with E-state index in [1.54, 1.807) is 6.07 Å². The predicted molar refractivity (Wildman–Crippen MR) is 141 cm³/mol. The highest BCUT2D eigenvalue weighted by Gasteiger charge is 2.23. The maximum atomic E-state index is 13.7. The molecule has 0 unspecified atom stereocenters. The van der Waals surface area contributed by atoms with Crippen molar-refractivity contribution in [3.05, 3.63) is 94.0 Å². The highest BCUT2D eigenvalue weighted by atomic mass is 79.9. The molecule has 3 rings (SSSR count). The van der Waals surface area contributed by atoms with Crippen molar-refractivity contribution in [2.75, 3.05) is 19.6 Å². The van der Waals surface area contributed by atoms with Crippen LogP contribution in [0.4, 0.5) is 4.39 Å². The molecule has 3 aromatic rings. The van der Waals surface area contributed by atoms with Crippen LogP contribution in [0, 0.1) is 5.82 Å². The van der Waals surface area contributed by atoms with Crippen LogP contribution in [0.25, 0.3) is 0 Å². The van der Waals surface area contributed by atoms with Crippen LogP contribution < -0.4 is 0 Å². The maximum Gasteiger partial charge on any atom is 0.254 e. The summed E-state index contributed by atoms with van der Waals surface area (Å²) >= 11 is 3.47. The number of hydrogen-bond donors (Lipinski definition) is 0. The summed E-state index contributed by atoms with van der Waals surface area (Å²) in [5.74, 6) is -0.892. The smallest absolute Gasteiger partial charge is 0.254 e. The number of halogens is 2. The summed E-state index contributed by atoms with van der Waals surface area (Å²) in [5.41, 5.74) is 2.47. The quantitative estimate of drug-likeness (QED) is 0.277. The van der Waals surface area contributed by atoms with Gasteiger partial charge in [0, 0.05) is 41.6 Å². The van der Waals surface area contributed by atoms with E-state index < -0.39 is 5.82 Å². The Morgan fingerprint density at radius 2 is 1.71 bits per heavy atom. The van der Waals surface area contributed by atoms with Gasteiger partial charge in [0.05, 0.1) is 6.54 Å². The van der Waals surface area contributed by atoms with Gasteiger partial charge in [0.1, 0.15) is 12.4 Å². The largest absolute Gasteiger partial charge is 0.345 e. The lowest BCUT2D eigenvalue weighted by Gasteiger charge is -2.28. The van der Waals surface area contributed by atoms with Crippen molar-refractivity contribution in [3.8, 4) is 0 Å². The second-order valence-corrected chi connectivity index (χ2v) is 9.58. The molecule has 0 aliphatic rings. The summed E-state index contributed by atoms with van der Waals surface area (Å²) in [5, 5.41) is 0. The minimum atomic E-state index is -0.463. The zero-order valence-electron chi connectivity index (χ0n) is 20.4. The van der Waals surface area contributed by atoms with Crippen molar-refractivity contribution in [1.29, 1.82) is 0 Å². The fourth-order valence-electron chi connectivity index (χ4n) is 3.96. The van der Waals surface area contributed by atoms with Crippen molar-refractivity contribution >= 4 is 27.7 Å². The molecular weight excluding hydrogens is 509 g/mol. The first kappa shape index (κ1) is 26.7. The average Bonchev–Trinajstić information content (AvgIpc) is 3.28. The lowest BCUT2D eigenvalue weighted by Crippen LogP contribution is -2.43. The minimum Gasteiger partial charge on any atom is -0.345 e. The van der Waals surface area contributed by atoms with Crippen LogP contribution in [-0.4, -0.2) is 45.8 Å². The normalized spacial score (nSPS) is 10.9. The fourth-order valence-corrected chi connectivity index (χ4v) is 4.22. The molecule has 0 bridgehead atoms. The Bertz CT molecular complexity index is 1110. The number of hydrogen-bond acceptors (Lipinski definition) is 2. The van der Waals surface area contributed by atoms with Gasteiger partial charge in [-0.2, -0.15) is 0 Å². The molecule has 2 amide bonds. The third-order valence-corrected chi connectivity index (χ3v) is 6.38. The molecule has 0 saturated heterocycles. The molecule has 5 nitrogen and oxygen atoms in total. The van der Waals surface area contributed by atoms with Gasteiger partial charge in [-0.25, -0.2) is 4.39 Å². The van der Waals surface area contributed by atoms with Crippen molar-refractivity contribution in [2.45, 2.75) is 46.2 Å². The maximum absolute atomic E-state index is 13.7. The number of amides is 2. The lowest BCUT2D eigenvalue weighted by molar-refractivity contribution is -0.132. The summed E-state index contributed by atoms with van der Waals surface area (Å²) in [6, 6.07) is 17.9. The number of carbonyl (C=O) groups is 2. The monoisotopic (exact) mass is 541 g/mol. The number of unbranched alkanes of at least 4 members (excludes halogenated alkanes) is 1. The van der Waals surface area contributed by atoms with Crippen molar-refractivity contribution < 1.29 is 14.0 Å². The number of carbonyl (C=O) groups excluding carboxylic acids is 2. The Kier molecular flexibility index (Phi) is 10.1. The molecule has 35 heavy (non-hydrogen) atoms. The molecule has 1 heterocycles. The standard InChI is InChI=1S/C28H33BrFN3O2/c1-3-5-16-32(20-26-10-7-17-31(26)19-22-11-13-24(29)14-12-22)27(34)21-33(15-4-2)28(35)23-8-6-9-25(30)18-23/h6-14,17-18H,3-5,15-16,19-21H2,1-2H3. The SMILES string of the molecule is CCCCN(Cc1cccn1Cc1ccc(Br)cc1)C(=O)CN(CCC)C(=O)c1cccc(F)c1. The first-order chi connectivity index (χ1) is 16.9. The molecule has 0 fully saturated rings. The van der Waals surface area contributed by atoms with Crippen molar-refractivity contribution in [1.82, 2.24) is 14.4 Å². The molecule has 1 aromatic heterocycles. The van der Waals surface area contributed by atoms with Gasteiger partial charge in [0.2, 0.25) is 5.91 Å². The average molecular weight is 542 g/mol. The van der Waals surface area contributed by atoms with E-state index >= 15 is 0 Å². The van der Waals surface area contributed by atoms with Gasteiger partial charge in [-0.15, -0.1) is 0 Å². The van der Waals surface area contributed by atoms with Gasteiger partial charge in [0.15, 0.2) is 0 Å². The van der Waals surface area contributed by atoms with Crippen LogP contribution in [-0.2, 0) is 17.9 Å². The van der Waals surface area contributed by atoms with Crippen LogP contribution in [0.15, 0.2) is 71.3 Å². The zero-order valence-corrected chi connectivity index (χ0v) is 22.0. The van der Waals surface area contributed by atoms with Crippen LogP contribution >= 0.6 is 15.9 Å². The Balaban J connectivity index is 1.74. The van der Waals surface area contributed by atoms with Gasteiger partial charge in [0.25, 0.3) is 5.91 Å². The summed E-state index contributed by atoms with van der Waals surface area (Å²) in [4.78, 5) is 29.8. The molecule has 0 N–H and O–H groups in total. The minimum absolute atomic E-state index is 0.0275. The van der Waals surface area contributed by atoms with Gasteiger partial charge in [-0.05, 0) is 60.9 Å². The molecule has 186 valence electrons. The Morgan fingerprint density at radius 1 is 0.943 bits per heavy atom. The van der Waals surface area contributed by atoms with Gasteiger partial charge in [-0.3, -0.25) is 9.59 Å². The predicted octanol–water partition coefficient (Wildman–Crippen LogP) is 6.12. The summed E-state index contributed by atoms with van der Waals surface area (Å²) in [7, 11) is 0. The second kappa shape index (κ2) is 13.2. The molecule has 0 aliphatic carbocycles. The molecule has 0 atom stereocenters. The third kappa shape index (κ3) is 7.79.